The number of benzene rings is 2. The quantitative estimate of drug-likeness (QED) is 0.0535. The molecule has 313 valence electrons. The first kappa shape index (κ1) is 46.6. The van der Waals surface area contributed by atoms with Crippen molar-refractivity contribution in [1.82, 2.24) is 14.7 Å². The molecular weight excluding hydrogens is 755 g/mol. The Balaban J connectivity index is 1.39. The number of rotatable bonds is 18. The number of piperazine rings is 1. The van der Waals surface area contributed by atoms with Crippen LogP contribution in [0.4, 0.5) is 4.79 Å². The number of ether oxygens (including phenoxy) is 5. The van der Waals surface area contributed by atoms with Crippen molar-refractivity contribution in [1.29, 1.82) is 5.26 Å². The van der Waals surface area contributed by atoms with E-state index >= 15 is 0 Å². The van der Waals surface area contributed by atoms with Crippen LogP contribution in [0.1, 0.15) is 60.1 Å². The average molecular weight is 816 g/mol. The van der Waals surface area contributed by atoms with Crippen molar-refractivity contribution in [2.75, 3.05) is 66.6 Å². The number of nitrogens with zero attached hydrogens (tertiary/aromatic N) is 4. The fourth-order valence-electron chi connectivity index (χ4n) is 7.09. The summed E-state index contributed by atoms with van der Waals surface area (Å²) in [6, 6.07) is 13.9. The zero-order valence-electron chi connectivity index (χ0n) is 35.4. The molecule has 0 bridgehead atoms. The van der Waals surface area contributed by atoms with Crippen LogP contribution >= 0.6 is 11.8 Å². The van der Waals surface area contributed by atoms with Crippen molar-refractivity contribution >= 4 is 43.1 Å². The van der Waals surface area contributed by atoms with E-state index < -0.39 is 30.3 Å². The highest BCUT2D eigenvalue weighted by atomic mass is 32.2. The molecule has 1 amide bonds. The van der Waals surface area contributed by atoms with Gasteiger partial charge in [-0.1, -0.05) is 67.6 Å². The number of likely N-dealkylation sites (N-methyl/N-ethyl adjacent to an activating group) is 2. The van der Waals surface area contributed by atoms with Gasteiger partial charge in [0.1, 0.15) is 13.8 Å². The van der Waals surface area contributed by atoms with Gasteiger partial charge in [-0.2, -0.15) is 5.26 Å². The topological polar surface area (TPSA) is 131 Å². The number of nitriles is 1. The minimum absolute atomic E-state index is 0.0465. The van der Waals surface area contributed by atoms with E-state index in [0.29, 0.717) is 25.2 Å². The predicted molar refractivity (Wildman–Crippen MR) is 229 cm³/mol. The minimum atomic E-state index is -1.25. The molecule has 0 saturated carbocycles. The van der Waals surface area contributed by atoms with E-state index in [-0.39, 0.29) is 29.5 Å². The normalized spacial score (nSPS) is 19.8. The number of carbonyl (C=O) groups excluding carboxylic acids is 3. The van der Waals surface area contributed by atoms with Crippen LogP contribution in [0.2, 0.25) is 13.1 Å². The maximum Gasteiger partial charge on any atom is 0.512 e. The molecule has 1 unspecified atom stereocenters. The fraction of sp³-hybridized carbons (Fsp3) is 0.545. The second kappa shape index (κ2) is 22.9. The first-order valence-corrected chi connectivity index (χ1v) is 21.0. The smallest absolute Gasteiger partial charge is 0.424 e. The van der Waals surface area contributed by atoms with Crippen molar-refractivity contribution in [2.45, 2.75) is 89.3 Å². The molecule has 0 aliphatic carbocycles. The second-order valence-electron chi connectivity index (χ2n) is 15.2. The maximum atomic E-state index is 13.7. The molecule has 0 N–H and O–H groups in total. The molecule has 2 aromatic carbocycles. The Kier molecular flexibility index (Phi) is 18.4. The standard InChI is InChI=1S/C44H60BN4O8S/c1-31-14-17-39(33(3)24-31)44(18-11-19-45-6,57-43(52)56-35(5)55-41(51)28-48(8)40(50)27-49-22-20-47(7)21-23-49)34(4)58-38-29-53-42(54-30-38)13-10-9-12-37-16-15-36(26-46)25-32(37)2/h9-10,12-17,24-25,34-35,38,42H,11,18-23,27-30H2,1-8H3/b12-9+,13-10+/t34-,35?,38?,42?,44-/m1/s1. The largest absolute Gasteiger partial charge is 0.512 e. The molecule has 2 aliphatic heterocycles. The lowest BCUT2D eigenvalue weighted by Gasteiger charge is -2.41. The summed E-state index contributed by atoms with van der Waals surface area (Å²) in [5, 5.41) is 8.82. The minimum Gasteiger partial charge on any atom is -0.424 e. The first-order valence-electron chi connectivity index (χ1n) is 20.1. The van der Waals surface area contributed by atoms with Crippen LogP contribution in [0.15, 0.2) is 54.6 Å². The molecule has 3 atom stereocenters. The number of hydrogen-bond acceptors (Lipinski definition) is 12. The Bertz CT molecular complexity index is 1790. The molecule has 2 aromatic rings. The summed E-state index contributed by atoms with van der Waals surface area (Å²) in [5.74, 6) is -0.881. The van der Waals surface area contributed by atoms with Gasteiger partial charge in [0.05, 0.1) is 36.6 Å². The lowest BCUT2D eigenvalue weighted by Crippen LogP contribution is -2.49. The summed E-state index contributed by atoms with van der Waals surface area (Å²) in [5.41, 5.74) is 4.52. The monoisotopic (exact) mass is 815 g/mol. The molecule has 2 aliphatic rings. The predicted octanol–water partition coefficient (Wildman–Crippen LogP) is 6.51. The van der Waals surface area contributed by atoms with Gasteiger partial charge in [-0.15, -0.1) is 11.8 Å². The lowest BCUT2D eigenvalue weighted by molar-refractivity contribution is -0.173. The van der Waals surface area contributed by atoms with Gasteiger partial charge in [-0.3, -0.25) is 14.5 Å². The van der Waals surface area contributed by atoms with Crippen molar-refractivity contribution in [3.8, 4) is 6.07 Å². The van der Waals surface area contributed by atoms with Crippen LogP contribution < -0.4 is 0 Å². The van der Waals surface area contributed by atoms with Crippen LogP contribution in [0.5, 0.6) is 0 Å². The van der Waals surface area contributed by atoms with Crippen LogP contribution in [-0.2, 0) is 38.9 Å². The summed E-state index contributed by atoms with van der Waals surface area (Å²) < 4.78 is 29.6. The maximum absolute atomic E-state index is 13.7. The molecule has 0 aromatic heterocycles. The van der Waals surface area contributed by atoms with E-state index in [4.69, 9.17) is 28.9 Å². The Morgan fingerprint density at radius 3 is 2.41 bits per heavy atom. The van der Waals surface area contributed by atoms with E-state index in [0.717, 1.165) is 66.7 Å². The Morgan fingerprint density at radius 2 is 1.76 bits per heavy atom. The summed E-state index contributed by atoms with van der Waals surface area (Å²) >= 11 is 1.64. The van der Waals surface area contributed by atoms with Crippen molar-refractivity contribution in [3.05, 3.63) is 88.0 Å². The third kappa shape index (κ3) is 14.0. The van der Waals surface area contributed by atoms with E-state index in [1.807, 2.05) is 90.1 Å². The number of allylic oxidation sites excluding steroid dienone is 2. The van der Waals surface area contributed by atoms with Crippen LogP contribution in [0.25, 0.3) is 6.08 Å². The Labute approximate surface area is 350 Å². The number of esters is 1. The number of thioether (sulfide) groups is 1. The molecule has 2 fully saturated rings. The van der Waals surface area contributed by atoms with E-state index in [9.17, 15) is 14.4 Å². The molecule has 1 radical (unpaired) electrons. The van der Waals surface area contributed by atoms with Crippen LogP contribution in [-0.4, -0.2) is 130 Å². The van der Waals surface area contributed by atoms with Crippen molar-refractivity contribution < 1.29 is 38.1 Å². The van der Waals surface area contributed by atoms with Gasteiger partial charge < -0.3 is 33.5 Å². The molecule has 2 saturated heterocycles. The van der Waals surface area contributed by atoms with Gasteiger partial charge in [-0.05, 0) is 81.6 Å². The van der Waals surface area contributed by atoms with Gasteiger partial charge in [0.15, 0.2) is 11.9 Å². The highest BCUT2D eigenvalue weighted by Crippen LogP contribution is 2.44. The zero-order valence-corrected chi connectivity index (χ0v) is 36.2. The molecule has 14 heteroatoms. The summed E-state index contributed by atoms with van der Waals surface area (Å²) in [6.45, 7) is 15.7. The number of carbonyl (C=O) groups is 3. The first-order chi connectivity index (χ1) is 27.7. The highest BCUT2D eigenvalue weighted by molar-refractivity contribution is 8.00. The third-order valence-electron chi connectivity index (χ3n) is 10.5. The molecular formula is C44H60BN4O8S. The van der Waals surface area contributed by atoms with E-state index in [1.165, 1.54) is 11.8 Å². The second-order valence-corrected chi connectivity index (χ2v) is 16.9. The molecule has 0 spiro atoms. The molecule has 4 rings (SSSR count). The average Bonchev–Trinajstić information content (AvgIpc) is 3.18. The van der Waals surface area contributed by atoms with Gasteiger partial charge in [-0.25, -0.2) is 4.79 Å². The summed E-state index contributed by atoms with van der Waals surface area (Å²) in [6.07, 6.45) is 7.02. The van der Waals surface area contributed by atoms with Gasteiger partial charge in [0.2, 0.25) is 12.2 Å². The fourth-order valence-corrected chi connectivity index (χ4v) is 8.50. The summed E-state index contributed by atoms with van der Waals surface area (Å²) in [4.78, 5) is 45.0. The molecule has 58 heavy (non-hydrogen) atoms. The van der Waals surface area contributed by atoms with E-state index in [2.05, 4.69) is 29.2 Å². The Morgan fingerprint density at radius 1 is 1.03 bits per heavy atom. The highest BCUT2D eigenvalue weighted by Gasteiger charge is 2.45. The number of aryl methyl sites for hydroxylation is 3. The zero-order chi connectivity index (χ0) is 42.2. The molecule has 12 nitrogen and oxygen atoms in total. The van der Waals surface area contributed by atoms with Crippen LogP contribution in [0.3, 0.4) is 0 Å². The SMILES string of the molecule is C[B]CCC[C@](OC(=O)OC(C)OC(=O)CN(C)C(=O)CN1CCN(C)CC1)(c1ccc(C)cc1C)[C@@H](C)SC1COC(/C=C/C=C/c2ccc(C#N)cc2C)OC1. The van der Waals surface area contributed by atoms with E-state index in [1.54, 1.807) is 24.9 Å². The third-order valence-corrected chi connectivity index (χ3v) is 11.9. The lowest BCUT2D eigenvalue weighted by atomic mass is 9.73. The van der Waals surface area contributed by atoms with Crippen LogP contribution in [0, 0.1) is 32.1 Å². The summed E-state index contributed by atoms with van der Waals surface area (Å²) in [7, 11) is 5.70. The molecule has 2 heterocycles. The van der Waals surface area contributed by atoms with Crippen molar-refractivity contribution in [2.24, 2.45) is 0 Å². The van der Waals surface area contributed by atoms with Gasteiger partial charge in [0.25, 0.3) is 0 Å². The number of hydrogen-bond donors (Lipinski definition) is 0. The number of amides is 1. The van der Waals surface area contributed by atoms with Gasteiger partial charge in [0, 0.05) is 45.4 Å². The Hall–Kier alpha value is -4.13. The van der Waals surface area contributed by atoms with Gasteiger partial charge >= 0.3 is 12.1 Å². The van der Waals surface area contributed by atoms with Crippen molar-refractivity contribution in [3.63, 3.8) is 0 Å².